The number of hydrogen-bond acceptors (Lipinski definition) is 7. The fourth-order valence-corrected chi connectivity index (χ4v) is 4.05. The van der Waals surface area contributed by atoms with Gasteiger partial charge in [0.2, 0.25) is 11.8 Å². The van der Waals surface area contributed by atoms with Crippen LogP contribution in [0.1, 0.15) is 35.1 Å². The lowest BCUT2D eigenvalue weighted by Gasteiger charge is -2.31. The molecule has 1 fully saturated rings. The van der Waals surface area contributed by atoms with E-state index in [1.54, 1.807) is 12.1 Å². The summed E-state index contributed by atoms with van der Waals surface area (Å²) in [5.41, 5.74) is 2.27. The fraction of sp³-hybridized carbons (Fsp3) is 0.429. The van der Waals surface area contributed by atoms with E-state index in [0.29, 0.717) is 50.3 Å². The predicted octanol–water partition coefficient (Wildman–Crippen LogP) is 3.51. The highest BCUT2D eigenvalue weighted by Crippen LogP contribution is 2.32. The van der Waals surface area contributed by atoms with Crippen LogP contribution in [0.4, 0.5) is 14.6 Å². The summed E-state index contributed by atoms with van der Waals surface area (Å²) in [5.74, 6) is 0.0186. The molecular formula is C21H19ClF2N6O. The van der Waals surface area contributed by atoms with E-state index >= 15 is 0 Å². The average molecular weight is 445 g/mol. The third-order valence-electron chi connectivity index (χ3n) is 5.49. The standard InChI is InChI=1S/C21H19ClF2N6O/c22-19-16(9-26)17-11-30(6-3-15(17)21(29-19)27-5-4-25)10-12-1-2-18(28-20(12)24)31-14-7-13(23)8-14/h1-2,13-14H,3,5-8,10-11H2,(H,27,29). The zero-order valence-electron chi connectivity index (χ0n) is 16.5. The van der Waals surface area contributed by atoms with Crippen molar-refractivity contribution in [2.45, 2.75) is 44.6 Å². The fourth-order valence-electron chi connectivity index (χ4n) is 3.81. The largest absolute Gasteiger partial charge is 0.474 e. The Bertz CT molecular complexity index is 1080. The van der Waals surface area contributed by atoms with Crippen LogP contribution in [0.5, 0.6) is 5.88 Å². The number of nitriles is 2. The summed E-state index contributed by atoms with van der Waals surface area (Å²) in [4.78, 5) is 10.1. The van der Waals surface area contributed by atoms with Crippen LogP contribution in [-0.4, -0.2) is 40.2 Å². The summed E-state index contributed by atoms with van der Waals surface area (Å²) in [6.07, 6.45) is 0.0840. The molecule has 2 aliphatic rings. The number of anilines is 1. The van der Waals surface area contributed by atoms with E-state index in [2.05, 4.69) is 21.4 Å². The maximum absolute atomic E-state index is 14.5. The molecule has 0 bridgehead atoms. The first-order chi connectivity index (χ1) is 15.0. The lowest BCUT2D eigenvalue weighted by atomic mass is 9.94. The minimum atomic E-state index is -0.853. The molecule has 0 aromatic carbocycles. The minimum absolute atomic E-state index is 0.0729. The Hall–Kier alpha value is -3.01. The van der Waals surface area contributed by atoms with Crippen LogP contribution in [-0.2, 0) is 19.5 Å². The number of pyridine rings is 2. The molecular weight excluding hydrogens is 426 g/mol. The normalized spacial score (nSPS) is 20.2. The Morgan fingerprint density at radius 1 is 1.26 bits per heavy atom. The summed E-state index contributed by atoms with van der Waals surface area (Å²) in [6.45, 7) is 1.36. The second kappa shape index (κ2) is 9.01. The molecule has 0 radical (unpaired) electrons. The molecule has 2 aromatic heterocycles. The molecule has 1 N–H and O–H groups in total. The highest BCUT2D eigenvalue weighted by molar-refractivity contribution is 6.30. The summed E-state index contributed by atoms with van der Waals surface area (Å²) >= 11 is 6.18. The van der Waals surface area contributed by atoms with Crippen LogP contribution in [0.3, 0.4) is 0 Å². The highest BCUT2D eigenvalue weighted by atomic mass is 35.5. The Balaban J connectivity index is 1.49. The highest BCUT2D eigenvalue weighted by Gasteiger charge is 2.31. The molecule has 160 valence electrons. The Kier molecular flexibility index (Phi) is 6.17. The van der Waals surface area contributed by atoms with Crippen LogP contribution < -0.4 is 10.1 Å². The van der Waals surface area contributed by atoms with Gasteiger partial charge in [-0.3, -0.25) is 4.90 Å². The van der Waals surface area contributed by atoms with Gasteiger partial charge in [-0.05, 0) is 18.1 Å². The molecule has 2 aromatic rings. The third-order valence-corrected chi connectivity index (χ3v) is 5.77. The lowest BCUT2D eigenvalue weighted by molar-refractivity contribution is 0.0371. The quantitative estimate of drug-likeness (QED) is 0.537. The predicted molar refractivity (Wildman–Crippen MR) is 109 cm³/mol. The van der Waals surface area contributed by atoms with Gasteiger partial charge in [-0.2, -0.15) is 19.9 Å². The smallest absolute Gasteiger partial charge is 0.220 e. The Morgan fingerprint density at radius 3 is 2.74 bits per heavy atom. The average Bonchev–Trinajstić information content (AvgIpc) is 2.73. The second-order valence-corrected chi connectivity index (χ2v) is 7.93. The topological polar surface area (TPSA) is 97.9 Å². The van der Waals surface area contributed by atoms with Crippen molar-refractivity contribution in [3.8, 4) is 18.0 Å². The van der Waals surface area contributed by atoms with Gasteiger partial charge in [0.25, 0.3) is 0 Å². The molecule has 3 heterocycles. The van der Waals surface area contributed by atoms with E-state index in [1.165, 1.54) is 0 Å². The summed E-state index contributed by atoms with van der Waals surface area (Å²) in [7, 11) is 0. The van der Waals surface area contributed by atoms with Crippen LogP contribution in [0, 0.1) is 28.6 Å². The zero-order valence-corrected chi connectivity index (χ0v) is 17.3. The zero-order chi connectivity index (χ0) is 22.0. The SMILES string of the molecule is N#CCNc1nc(Cl)c(C#N)c2c1CCN(Cc1ccc(OC3CC(F)C3)nc1F)C2. The van der Waals surface area contributed by atoms with Crippen molar-refractivity contribution in [3.63, 3.8) is 0 Å². The van der Waals surface area contributed by atoms with Crippen LogP contribution in [0.25, 0.3) is 0 Å². The van der Waals surface area contributed by atoms with Gasteiger partial charge >= 0.3 is 0 Å². The number of rotatable bonds is 6. The number of aromatic nitrogens is 2. The number of alkyl halides is 1. The number of halogens is 3. The molecule has 0 atom stereocenters. The monoisotopic (exact) mass is 444 g/mol. The van der Waals surface area contributed by atoms with Crippen molar-refractivity contribution in [1.82, 2.24) is 14.9 Å². The van der Waals surface area contributed by atoms with Gasteiger partial charge in [-0.15, -0.1) is 0 Å². The first-order valence-electron chi connectivity index (χ1n) is 9.89. The molecule has 0 unspecified atom stereocenters. The molecule has 0 saturated heterocycles. The van der Waals surface area contributed by atoms with E-state index in [1.807, 2.05) is 11.0 Å². The maximum atomic E-state index is 14.5. The Labute approximate surface area is 183 Å². The van der Waals surface area contributed by atoms with Gasteiger partial charge in [0, 0.05) is 49.7 Å². The van der Waals surface area contributed by atoms with Crippen LogP contribution in [0.2, 0.25) is 5.15 Å². The Morgan fingerprint density at radius 2 is 2.06 bits per heavy atom. The van der Waals surface area contributed by atoms with Gasteiger partial charge in [-0.1, -0.05) is 11.6 Å². The van der Waals surface area contributed by atoms with Crippen LogP contribution in [0.15, 0.2) is 12.1 Å². The van der Waals surface area contributed by atoms with Crippen molar-refractivity contribution in [3.05, 3.63) is 45.5 Å². The molecule has 0 spiro atoms. The number of fused-ring (bicyclic) bond motifs is 1. The van der Waals surface area contributed by atoms with E-state index in [0.717, 1.165) is 11.1 Å². The lowest BCUT2D eigenvalue weighted by Crippen LogP contribution is -2.35. The van der Waals surface area contributed by atoms with Gasteiger partial charge in [0.15, 0.2) is 0 Å². The summed E-state index contributed by atoms with van der Waals surface area (Å²) < 4.78 is 33.0. The van der Waals surface area contributed by atoms with Crippen molar-refractivity contribution >= 4 is 17.4 Å². The molecule has 0 amide bonds. The number of hydrogen-bond donors (Lipinski definition) is 1. The molecule has 4 rings (SSSR count). The van der Waals surface area contributed by atoms with E-state index < -0.39 is 12.1 Å². The van der Waals surface area contributed by atoms with E-state index in [4.69, 9.17) is 21.6 Å². The number of nitrogens with one attached hydrogen (secondary N) is 1. The third kappa shape index (κ3) is 4.53. The van der Waals surface area contributed by atoms with E-state index in [9.17, 15) is 14.0 Å². The second-order valence-electron chi connectivity index (χ2n) is 7.58. The van der Waals surface area contributed by atoms with Crippen molar-refractivity contribution < 1.29 is 13.5 Å². The first kappa shape index (κ1) is 21.2. The molecule has 31 heavy (non-hydrogen) atoms. The van der Waals surface area contributed by atoms with Gasteiger partial charge in [-0.25, -0.2) is 9.37 Å². The maximum Gasteiger partial charge on any atom is 0.220 e. The van der Waals surface area contributed by atoms with E-state index in [-0.39, 0.29) is 29.2 Å². The molecule has 1 saturated carbocycles. The van der Waals surface area contributed by atoms with Gasteiger partial charge in [0.05, 0.1) is 11.6 Å². The molecule has 1 aliphatic carbocycles. The molecule has 7 nitrogen and oxygen atoms in total. The van der Waals surface area contributed by atoms with Gasteiger partial charge in [0.1, 0.15) is 35.9 Å². The van der Waals surface area contributed by atoms with Crippen molar-refractivity contribution in [2.24, 2.45) is 0 Å². The number of ether oxygens (including phenoxy) is 1. The van der Waals surface area contributed by atoms with Crippen molar-refractivity contribution in [2.75, 3.05) is 18.4 Å². The molecule has 10 heteroatoms. The number of nitrogens with zero attached hydrogens (tertiary/aromatic N) is 5. The van der Waals surface area contributed by atoms with Crippen LogP contribution >= 0.6 is 11.6 Å². The molecule has 1 aliphatic heterocycles. The summed E-state index contributed by atoms with van der Waals surface area (Å²) in [6, 6.07) is 7.30. The first-order valence-corrected chi connectivity index (χ1v) is 10.3. The minimum Gasteiger partial charge on any atom is -0.474 e. The van der Waals surface area contributed by atoms with Crippen molar-refractivity contribution in [1.29, 1.82) is 10.5 Å². The van der Waals surface area contributed by atoms with Gasteiger partial charge < -0.3 is 10.1 Å². The summed E-state index contributed by atoms with van der Waals surface area (Å²) in [5, 5.41) is 21.4.